The molecule has 4 aromatic rings. The molecule has 2 aliphatic heterocycles. The second-order valence-electron chi connectivity index (χ2n) is 9.67. The van der Waals surface area contributed by atoms with E-state index in [4.69, 9.17) is 32.7 Å². The minimum absolute atomic E-state index is 0.0360. The molecule has 12 nitrogen and oxygen atoms in total. The number of pyridine rings is 2. The number of hydrogen-bond donors (Lipinski definition) is 0. The number of diazo groups is 1. The first kappa shape index (κ1) is 30.8. The lowest BCUT2D eigenvalue weighted by atomic mass is 10.1. The van der Waals surface area contributed by atoms with Crippen LogP contribution in [0.15, 0.2) is 36.7 Å². The van der Waals surface area contributed by atoms with E-state index >= 15 is 0 Å². The monoisotopic (exact) mass is 754 g/mol. The Morgan fingerprint density at radius 3 is 2.09 bits per heavy atom. The fraction of sp³-hybridized carbons (Fsp3) is 0.259. The van der Waals surface area contributed by atoms with Crippen LogP contribution in [0.25, 0.3) is 26.8 Å². The van der Waals surface area contributed by atoms with Crippen LogP contribution in [0.3, 0.4) is 0 Å². The number of carbonyl (C=O) groups is 2. The van der Waals surface area contributed by atoms with E-state index in [-0.39, 0.29) is 47.1 Å². The minimum atomic E-state index is -1.50. The van der Waals surface area contributed by atoms with Gasteiger partial charge in [-0.15, -0.1) is 0 Å². The molecule has 0 amide bonds. The molecule has 4 heterocycles. The molecule has 222 valence electrons. The number of aromatic nitrogens is 2. The highest BCUT2D eigenvalue weighted by Gasteiger charge is 2.34. The summed E-state index contributed by atoms with van der Waals surface area (Å²) in [6, 6.07) is 3.57. The molecule has 0 N–H and O–H groups in total. The van der Waals surface area contributed by atoms with Crippen molar-refractivity contribution in [1.29, 1.82) is 5.39 Å². The molecule has 0 radical (unpaired) electrons. The van der Waals surface area contributed by atoms with E-state index in [0.717, 1.165) is 0 Å². The van der Waals surface area contributed by atoms with Gasteiger partial charge >= 0.3 is 11.7 Å². The summed E-state index contributed by atoms with van der Waals surface area (Å²) in [7, 11) is 1.19. The summed E-state index contributed by atoms with van der Waals surface area (Å²) in [5, 5.41) is 21.8. The summed E-state index contributed by atoms with van der Waals surface area (Å²) in [6.45, 7) is 4.06. The van der Waals surface area contributed by atoms with Gasteiger partial charge in [0.15, 0.2) is 21.5 Å². The Bertz CT molecular complexity index is 2070. The lowest BCUT2D eigenvalue weighted by molar-refractivity contribution is -0.255. The Morgan fingerprint density at radius 2 is 1.53 bits per heavy atom. The van der Waals surface area contributed by atoms with Crippen LogP contribution in [0.1, 0.15) is 46.6 Å². The predicted octanol–water partition coefficient (Wildman–Crippen LogP) is 5.38. The number of hydrogen-bond acceptors (Lipinski definition) is 9. The molecular formula is C27H18Br2Cl2N4O8. The summed E-state index contributed by atoms with van der Waals surface area (Å²) >= 11 is 18.9. The van der Waals surface area contributed by atoms with Crippen LogP contribution >= 0.6 is 55.1 Å². The molecule has 43 heavy (non-hydrogen) atoms. The summed E-state index contributed by atoms with van der Waals surface area (Å²) in [5.41, 5.74) is -0.656. The van der Waals surface area contributed by atoms with E-state index < -0.39 is 23.1 Å². The number of rotatable bonds is 2. The molecule has 0 spiro atoms. The number of benzene rings is 2. The lowest BCUT2D eigenvalue weighted by Gasteiger charge is -2.27. The maximum atomic E-state index is 12.7. The first-order valence-electron chi connectivity index (χ1n) is 12.4. The van der Waals surface area contributed by atoms with Gasteiger partial charge in [0.05, 0.1) is 50.2 Å². The number of carboxylic acids is 1. The van der Waals surface area contributed by atoms with Crippen molar-refractivity contribution in [3.8, 4) is 11.5 Å². The van der Waals surface area contributed by atoms with E-state index in [1.165, 1.54) is 28.4 Å². The number of nitrogens with zero attached hydrogens (tertiary/aromatic N) is 4. The fourth-order valence-electron chi connectivity index (χ4n) is 5.05. The quantitative estimate of drug-likeness (QED) is 0.194. The van der Waals surface area contributed by atoms with Gasteiger partial charge in [-0.25, -0.2) is 4.79 Å². The lowest BCUT2D eigenvalue weighted by Crippen LogP contribution is -2.37. The number of halogens is 4. The number of carboxylic acid groups (broad SMARTS) is 1. The minimum Gasteiger partial charge on any atom is -0.545 e. The number of esters is 1. The van der Waals surface area contributed by atoms with Crippen molar-refractivity contribution in [2.45, 2.75) is 25.9 Å². The van der Waals surface area contributed by atoms with Gasteiger partial charge in [0.25, 0.3) is 11.1 Å². The maximum Gasteiger partial charge on any atom is 0.414 e. The van der Waals surface area contributed by atoms with Crippen molar-refractivity contribution in [2.24, 2.45) is 0 Å². The van der Waals surface area contributed by atoms with Crippen LogP contribution in [0.5, 0.6) is 11.5 Å². The van der Waals surface area contributed by atoms with Gasteiger partial charge < -0.3 is 24.1 Å². The fourth-order valence-corrected chi connectivity index (χ4v) is 6.39. The van der Waals surface area contributed by atoms with Crippen LogP contribution in [-0.4, -0.2) is 41.4 Å². The highest BCUT2D eigenvalue weighted by molar-refractivity contribution is 9.11. The van der Waals surface area contributed by atoms with Gasteiger partial charge in [0, 0.05) is 5.39 Å². The molecule has 2 aromatic carbocycles. The largest absolute Gasteiger partial charge is 0.545 e. The van der Waals surface area contributed by atoms with Gasteiger partial charge in [-0.1, -0.05) is 23.2 Å². The molecule has 0 unspecified atom stereocenters. The first-order chi connectivity index (χ1) is 20.3. The molecule has 2 atom stereocenters. The van der Waals surface area contributed by atoms with Gasteiger partial charge in [0.2, 0.25) is 5.39 Å². The number of methoxy groups -OCH3 is 1. The zero-order valence-electron chi connectivity index (χ0n) is 22.4. The SMILES string of the molecule is COC(=O)c1cc2c([N+]#N)c(Cl)c(Br)c3c2n(c1=O)[C@@H](C)CO3.C[C@H]1COc2c(Br)c(Cl)cc3cc(C(=O)[O-])c(=O)n1c23. The molecule has 2 aromatic heterocycles. The van der Waals surface area contributed by atoms with Crippen LogP contribution in [0, 0.1) is 5.39 Å². The highest BCUT2D eigenvalue weighted by Crippen LogP contribution is 2.48. The van der Waals surface area contributed by atoms with Crippen molar-refractivity contribution in [3.63, 3.8) is 0 Å². The Labute approximate surface area is 268 Å². The molecule has 2 aliphatic rings. The molecular weight excluding hydrogens is 739 g/mol. The van der Waals surface area contributed by atoms with Crippen molar-refractivity contribution in [2.75, 3.05) is 20.3 Å². The summed E-state index contributed by atoms with van der Waals surface area (Å²) in [6.07, 6.45) is 0. The zero-order chi connectivity index (χ0) is 31.5. The normalized spacial score (nSPS) is 16.4. The molecule has 0 aliphatic carbocycles. The second kappa shape index (κ2) is 11.5. The van der Waals surface area contributed by atoms with Crippen LogP contribution in [0.2, 0.25) is 10.0 Å². The number of carbonyl (C=O) groups excluding carboxylic acids is 2. The van der Waals surface area contributed by atoms with Crippen molar-refractivity contribution in [1.82, 2.24) is 9.13 Å². The van der Waals surface area contributed by atoms with Crippen molar-refractivity contribution in [3.05, 3.63) is 74.0 Å². The van der Waals surface area contributed by atoms with Gasteiger partial charge in [-0.3, -0.25) is 18.7 Å². The van der Waals surface area contributed by atoms with Gasteiger partial charge in [0.1, 0.15) is 29.7 Å². The van der Waals surface area contributed by atoms with Crippen LogP contribution in [0.4, 0.5) is 5.69 Å². The predicted molar refractivity (Wildman–Crippen MR) is 163 cm³/mol. The zero-order valence-corrected chi connectivity index (χ0v) is 27.1. The summed E-state index contributed by atoms with van der Waals surface area (Å²) < 4.78 is 19.7. The summed E-state index contributed by atoms with van der Waals surface area (Å²) in [4.78, 5) is 51.2. The van der Waals surface area contributed by atoms with Gasteiger partial charge in [-0.05, 0) is 63.9 Å². The molecule has 16 heteroatoms. The maximum absolute atomic E-state index is 12.7. The van der Waals surface area contributed by atoms with E-state index in [0.29, 0.717) is 47.3 Å². The number of ether oxygens (including phenoxy) is 3. The average molecular weight is 757 g/mol. The second-order valence-corrected chi connectivity index (χ2v) is 12.0. The molecule has 0 saturated heterocycles. The Kier molecular flexibility index (Phi) is 8.21. The molecule has 0 fully saturated rings. The average Bonchev–Trinajstić information content (AvgIpc) is 2.97. The van der Waals surface area contributed by atoms with E-state index in [1.54, 1.807) is 19.9 Å². The third-order valence-corrected chi connectivity index (χ3v) is 9.68. The molecule has 6 rings (SSSR count). The topological polar surface area (TPSA) is 157 Å². The van der Waals surface area contributed by atoms with Crippen LogP contribution < -0.4 is 25.7 Å². The standard InChI is InChI=1S/C14H10BrClN3O4.C13H9BrClNO4/c1-5-4-23-12-8(15)9(16)10(18-17)6-3-7(14(21)22-2)13(20)19(5)11(6)12;1-5-4-20-11-9(14)8(15)3-6-2-7(13(18)19)12(17)16(5)10(6)11/h3,5H,4H2,1-2H3;2-3,5H,4H2,1H3,(H,18,19)/q+1;/p-1/t2*5-/m00/s1. The molecule has 0 bridgehead atoms. The Hall–Kier alpha value is -3.64. The Morgan fingerprint density at radius 1 is 0.977 bits per heavy atom. The van der Waals surface area contributed by atoms with Crippen molar-refractivity contribution >= 4 is 94.5 Å². The number of aromatic carboxylic acids is 1. The van der Waals surface area contributed by atoms with E-state index in [2.05, 4.69) is 41.6 Å². The third kappa shape index (κ3) is 4.84. The third-order valence-electron chi connectivity index (χ3n) is 7.02. The summed E-state index contributed by atoms with van der Waals surface area (Å²) in [5.74, 6) is -1.46. The Balaban J connectivity index is 0.000000173. The van der Waals surface area contributed by atoms with Gasteiger partial charge in [-0.2, -0.15) is 0 Å². The van der Waals surface area contributed by atoms with Crippen LogP contribution in [-0.2, 0) is 4.74 Å². The highest BCUT2D eigenvalue weighted by atomic mass is 79.9. The van der Waals surface area contributed by atoms with E-state index in [9.17, 15) is 29.7 Å². The van der Waals surface area contributed by atoms with Crippen molar-refractivity contribution < 1.29 is 28.9 Å². The smallest absolute Gasteiger partial charge is 0.414 e. The molecule has 0 saturated carbocycles. The van der Waals surface area contributed by atoms with E-state index in [1.807, 2.05) is 0 Å². The first-order valence-corrected chi connectivity index (χ1v) is 14.8.